The van der Waals surface area contributed by atoms with Gasteiger partial charge in [-0.1, -0.05) is 42.5 Å². The summed E-state index contributed by atoms with van der Waals surface area (Å²) >= 11 is 0. The molecule has 0 unspecified atom stereocenters. The first kappa shape index (κ1) is 24.9. The summed E-state index contributed by atoms with van der Waals surface area (Å²) in [5.74, 6) is -1.16. The number of hydrogen-bond acceptors (Lipinski definition) is 2. The highest BCUT2D eigenvalue weighted by atomic mass is 19.2. The molecule has 0 saturated heterocycles. The van der Waals surface area contributed by atoms with Gasteiger partial charge in [0.15, 0.2) is 11.6 Å². The SMILES string of the molecule is CC=CC1CCC(c2ccc(OCc3ccc(-c4ccc(OCC)cc4F)cc3)c(F)c2F)CC1. The highest BCUT2D eigenvalue weighted by Gasteiger charge is 2.25. The maximum atomic E-state index is 14.9. The van der Waals surface area contributed by atoms with Crippen LogP contribution in [0, 0.1) is 23.4 Å². The molecule has 0 amide bonds. The van der Waals surface area contributed by atoms with E-state index in [4.69, 9.17) is 9.47 Å². The molecule has 5 heteroatoms. The topological polar surface area (TPSA) is 18.5 Å². The Bertz CT molecular complexity index is 1160. The molecule has 0 aromatic heterocycles. The van der Waals surface area contributed by atoms with E-state index in [1.807, 2.05) is 13.8 Å². The van der Waals surface area contributed by atoms with Crippen molar-refractivity contribution in [2.24, 2.45) is 5.92 Å². The minimum absolute atomic E-state index is 0.0376. The fourth-order valence-corrected chi connectivity index (χ4v) is 4.80. The van der Waals surface area contributed by atoms with Crippen LogP contribution in [0.25, 0.3) is 11.1 Å². The van der Waals surface area contributed by atoms with Crippen molar-refractivity contribution in [1.29, 1.82) is 0 Å². The molecule has 4 rings (SSSR count). The van der Waals surface area contributed by atoms with Gasteiger partial charge >= 0.3 is 0 Å². The smallest absolute Gasteiger partial charge is 0.200 e. The van der Waals surface area contributed by atoms with Crippen LogP contribution in [-0.4, -0.2) is 6.61 Å². The Morgan fingerprint density at radius 3 is 2.26 bits per heavy atom. The first-order valence-corrected chi connectivity index (χ1v) is 12.2. The number of ether oxygens (including phenoxy) is 2. The number of rotatable bonds is 8. The Balaban J connectivity index is 1.39. The van der Waals surface area contributed by atoms with Gasteiger partial charge in [-0.2, -0.15) is 4.39 Å². The largest absolute Gasteiger partial charge is 0.494 e. The molecule has 184 valence electrons. The van der Waals surface area contributed by atoms with E-state index >= 15 is 0 Å². The van der Waals surface area contributed by atoms with Gasteiger partial charge in [0.25, 0.3) is 0 Å². The second-order valence-corrected chi connectivity index (χ2v) is 8.98. The van der Waals surface area contributed by atoms with Crippen LogP contribution < -0.4 is 9.47 Å². The van der Waals surface area contributed by atoms with E-state index in [2.05, 4.69) is 12.2 Å². The van der Waals surface area contributed by atoms with Crippen molar-refractivity contribution < 1.29 is 22.6 Å². The van der Waals surface area contributed by atoms with Crippen molar-refractivity contribution in [2.45, 2.75) is 52.1 Å². The van der Waals surface area contributed by atoms with Gasteiger partial charge < -0.3 is 9.47 Å². The molecule has 0 radical (unpaired) electrons. The molecular formula is C30H31F3O2. The highest BCUT2D eigenvalue weighted by Crippen LogP contribution is 2.39. The van der Waals surface area contributed by atoms with E-state index in [0.29, 0.717) is 35.0 Å². The van der Waals surface area contributed by atoms with Gasteiger partial charge in [0, 0.05) is 11.6 Å². The van der Waals surface area contributed by atoms with E-state index in [1.54, 1.807) is 42.5 Å². The van der Waals surface area contributed by atoms with Crippen LogP contribution in [0.4, 0.5) is 13.2 Å². The van der Waals surface area contributed by atoms with Crippen LogP contribution in [-0.2, 0) is 6.61 Å². The zero-order valence-electron chi connectivity index (χ0n) is 20.2. The Hall–Kier alpha value is -3.21. The quantitative estimate of drug-likeness (QED) is 0.301. The Labute approximate surface area is 205 Å². The van der Waals surface area contributed by atoms with Gasteiger partial charge in [0.2, 0.25) is 5.82 Å². The molecule has 1 saturated carbocycles. The van der Waals surface area contributed by atoms with Crippen molar-refractivity contribution >= 4 is 0 Å². The fourth-order valence-electron chi connectivity index (χ4n) is 4.80. The van der Waals surface area contributed by atoms with Crippen LogP contribution in [0.15, 0.2) is 66.7 Å². The lowest BCUT2D eigenvalue weighted by atomic mass is 9.78. The van der Waals surface area contributed by atoms with Crippen molar-refractivity contribution in [1.82, 2.24) is 0 Å². The normalized spacial score (nSPS) is 18.1. The van der Waals surface area contributed by atoms with Crippen molar-refractivity contribution in [2.75, 3.05) is 6.61 Å². The maximum absolute atomic E-state index is 14.9. The average Bonchev–Trinajstić information content (AvgIpc) is 2.87. The molecule has 0 atom stereocenters. The number of benzene rings is 3. The lowest BCUT2D eigenvalue weighted by Crippen LogP contribution is -2.13. The van der Waals surface area contributed by atoms with Crippen LogP contribution in [0.3, 0.4) is 0 Å². The summed E-state index contributed by atoms with van der Waals surface area (Å²) in [5, 5.41) is 0. The number of hydrogen-bond donors (Lipinski definition) is 0. The first-order valence-electron chi connectivity index (χ1n) is 12.2. The monoisotopic (exact) mass is 480 g/mol. The summed E-state index contributed by atoms with van der Waals surface area (Å²) in [7, 11) is 0. The maximum Gasteiger partial charge on any atom is 0.200 e. The molecule has 2 nitrogen and oxygen atoms in total. The molecule has 1 aliphatic rings. The number of halogens is 3. The zero-order chi connectivity index (χ0) is 24.8. The molecule has 3 aromatic rings. The van der Waals surface area contributed by atoms with Gasteiger partial charge in [-0.25, -0.2) is 8.78 Å². The molecule has 35 heavy (non-hydrogen) atoms. The fraction of sp³-hybridized carbons (Fsp3) is 0.333. The van der Waals surface area contributed by atoms with Crippen LogP contribution >= 0.6 is 0 Å². The van der Waals surface area contributed by atoms with Crippen molar-refractivity contribution in [3.8, 4) is 22.6 Å². The second-order valence-electron chi connectivity index (χ2n) is 8.98. The highest BCUT2D eigenvalue weighted by molar-refractivity contribution is 5.65. The Morgan fingerprint density at radius 1 is 0.857 bits per heavy atom. The summed E-state index contributed by atoms with van der Waals surface area (Å²) in [6, 6.07) is 15.1. The molecule has 0 spiro atoms. The van der Waals surface area contributed by atoms with E-state index < -0.39 is 11.6 Å². The van der Waals surface area contributed by atoms with Gasteiger partial charge in [-0.05, 0) is 86.3 Å². The minimum Gasteiger partial charge on any atom is -0.494 e. The molecule has 0 heterocycles. The van der Waals surface area contributed by atoms with E-state index in [1.165, 1.54) is 12.1 Å². The third-order valence-corrected chi connectivity index (χ3v) is 6.66. The molecule has 0 aliphatic heterocycles. The molecular weight excluding hydrogens is 449 g/mol. The van der Waals surface area contributed by atoms with Gasteiger partial charge in [0.1, 0.15) is 18.2 Å². The molecule has 1 fully saturated rings. The summed E-state index contributed by atoms with van der Waals surface area (Å²) < 4.78 is 55.0. The van der Waals surface area contributed by atoms with E-state index in [0.717, 1.165) is 31.2 Å². The third kappa shape index (κ3) is 5.90. The molecule has 0 N–H and O–H groups in total. The van der Waals surface area contributed by atoms with Gasteiger partial charge in [-0.3, -0.25) is 0 Å². The van der Waals surface area contributed by atoms with Crippen molar-refractivity contribution in [3.63, 3.8) is 0 Å². The standard InChI is InChI=1S/C30H31F3O2/c1-3-5-20-6-10-23(11-7-20)26-16-17-28(30(33)29(26)32)35-19-21-8-12-22(13-9-21)25-15-14-24(34-4-2)18-27(25)31/h3,5,8-9,12-18,20,23H,4,6-7,10-11,19H2,1-2H3. The zero-order valence-corrected chi connectivity index (χ0v) is 20.2. The summed E-state index contributed by atoms with van der Waals surface area (Å²) in [6.07, 6.45) is 7.95. The molecule has 1 aliphatic carbocycles. The lowest BCUT2D eigenvalue weighted by Gasteiger charge is -2.27. The van der Waals surface area contributed by atoms with E-state index in [-0.39, 0.29) is 24.1 Å². The predicted octanol–water partition coefficient (Wildman–Crippen LogP) is 8.60. The van der Waals surface area contributed by atoms with E-state index in [9.17, 15) is 13.2 Å². The second kappa shape index (κ2) is 11.5. The van der Waals surface area contributed by atoms with Gasteiger partial charge in [-0.15, -0.1) is 0 Å². The lowest BCUT2D eigenvalue weighted by molar-refractivity contribution is 0.282. The van der Waals surface area contributed by atoms with Crippen LogP contribution in [0.1, 0.15) is 56.6 Å². The molecule has 3 aromatic carbocycles. The average molecular weight is 481 g/mol. The Kier molecular flexibility index (Phi) is 8.17. The van der Waals surface area contributed by atoms with Gasteiger partial charge in [0.05, 0.1) is 6.61 Å². The predicted molar refractivity (Wildman–Crippen MR) is 133 cm³/mol. The third-order valence-electron chi connectivity index (χ3n) is 6.66. The Morgan fingerprint density at radius 2 is 1.60 bits per heavy atom. The van der Waals surface area contributed by atoms with Crippen LogP contribution in [0.2, 0.25) is 0 Å². The first-order chi connectivity index (χ1) is 17.0. The summed E-state index contributed by atoms with van der Waals surface area (Å²) in [6.45, 7) is 4.41. The number of allylic oxidation sites excluding steroid dienone is 2. The summed E-state index contributed by atoms with van der Waals surface area (Å²) in [5.41, 5.74) is 2.38. The summed E-state index contributed by atoms with van der Waals surface area (Å²) in [4.78, 5) is 0. The van der Waals surface area contributed by atoms with Crippen molar-refractivity contribution in [3.05, 3.63) is 95.3 Å². The van der Waals surface area contributed by atoms with Crippen LogP contribution in [0.5, 0.6) is 11.5 Å². The minimum atomic E-state index is -0.939. The molecule has 0 bridgehead atoms.